The molecule has 0 atom stereocenters. The van der Waals surface area contributed by atoms with Gasteiger partial charge in [0.1, 0.15) is 5.82 Å². The van der Waals surface area contributed by atoms with Crippen molar-refractivity contribution >= 4 is 21.4 Å². The molecule has 110 valence electrons. The second-order valence-electron chi connectivity index (χ2n) is 4.32. The summed E-state index contributed by atoms with van der Waals surface area (Å²) in [5, 5.41) is 10.7. The molecular formula is C13H11FN2O4S. The number of rotatable bonds is 4. The predicted molar refractivity (Wildman–Crippen MR) is 75.0 cm³/mol. The van der Waals surface area contributed by atoms with Crippen molar-refractivity contribution in [1.29, 1.82) is 0 Å². The van der Waals surface area contributed by atoms with Gasteiger partial charge in [-0.2, -0.15) is 0 Å². The van der Waals surface area contributed by atoms with E-state index in [1.165, 1.54) is 25.1 Å². The van der Waals surface area contributed by atoms with Crippen LogP contribution >= 0.6 is 0 Å². The zero-order chi connectivity index (χ0) is 15.6. The number of anilines is 1. The highest BCUT2D eigenvalue weighted by Gasteiger charge is 2.16. The Bertz CT molecular complexity index is 788. The molecule has 21 heavy (non-hydrogen) atoms. The summed E-state index contributed by atoms with van der Waals surface area (Å²) >= 11 is 0. The molecule has 0 radical (unpaired) electrons. The number of nitro benzene ring substituents is 1. The maximum atomic E-state index is 12.8. The summed E-state index contributed by atoms with van der Waals surface area (Å²) in [6, 6.07) is 8.22. The smallest absolute Gasteiger partial charge is 0.272 e. The number of sulfonamides is 1. The first-order valence-corrected chi connectivity index (χ1v) is 7.31. The zero-order valence-electron chi connectivity index (χ0n) is 10.9. The van der Waals surface area contributed by atoms with Crippen molar-refractivity contribution in [2.75, 3.05) is 4.72 Å². The van der Waals surface area contributed by atoms with Gasteiger partial charge in [-0.3, -0.25) is 14.8 Å². The molecule has 0 heterocycles. The monoisotopic (exact) mass is 310 g/mol. The highest BCUT2D eigenvalue weighted by molar-refractivity contribution is 7.92. The van der Waals surface area contributed by atoms with Gasteiger partial charge in [0.25, 0.3) is 15.7 Å². The number of hydrogen-bond donors (Lipinski definition) is 1. The normalized spacial score (nSPS) is 11.1. The van der Waals surface area contributed by atoms with Crippen LogP contribution in [-0.4, -0.2) is 13.3 Å². The fourth-order valence-corrected chi connectivity index (χ4v) is 2.80. The molecule has 6 nitrogen and oxygen atoms in total. The summed E-state index contributed by atoms with van der Waals surface area (Å²) < 4.78 is 39.2. The van der Waals surface area contributed by atoms with Gasteiger partial charge in [0.15, 0.2) is 0 Å². The highest BCUT2D eigenvalue weighted by Crippen LogP contribution is 2.23. The molecule has 0 unspecified atom stereocenters. The average molecular weight is 310 g/mol. The third kappa shape index (κ3) is 3.34. The Morgan fingerprint density at radius 1 is 1.14 bits per heavy atom. The molecule has 8 heteroatoms. The van der Waals surface area contributed by atoms with Gasteiger partial charge in [0, 0.05) is 17.3 Å². The SMILES string of the molecule is Cc1cc(NS(=O)(=O)c2ccc(F)cc2)ccc1[N+](=O)[O-]. The van der Waals surface area contributed by atoms with E-state index in [0.29, 0.717) is 5.56 Å². The molecule has 0 aliphatic rings. The van der Waals surface area contributed by atoms with Crippen molar-refractivity contribution in [1.82, 2.24) is 0 Å². The Labute approximate surface area is 120 Å². The standard InChI is InChI=1S/C13H11FN2O4S/c1-9-8-11(4-7-13(9)16(17)18)15-21(19,20)12-5-2-10(14)3-6-12/h2-8,15H,1H3. The Balaban J connectivity index is 2.31. The van der Waals surface area contributed by atoms with Gasteiger partial charge < -0.3 is 0 Å². The van der Waals surface area contributed by atoms with Gasteiger partial charge >= 0.3 is 0 Å². The molecule has 0 aromatic heterocycles. The van der Waals surface area contributed by atoms with E-state index in [4.69, 9.17) is 0 Å². The molecule has 2 rings (SSSR count). The van der Waals surface area contributed by atoms with E-state index in [9.17, 15) is 22.9 Å². The number of nitro groups is 1. The van der Waals surface area contributed by atoms with Crippen LogP contribution in [0.25, 0.3) is 0 Å². The minimum atomic E-state index is -3.87. The maximum absolute atomic E-state index is 12.8. The Kier molecular flexibility index (Phi) is 3.90. The lowest BCUT2D eigenvalue weighted by Gasteiger charge is -2.08. The third-order valence-corrected chi connectivity index (χ3v) is 4.17. The molecule has 0 aliphatic heterocycles. The molecule has 0 amide bonds. The maximum Gasteiger partial charge on any atom is 0.272 e. The molecule has 1 N–H and O–H groups in total. The lowest BCUT2D eigenvalue weighted by molar-refractivity contribution is -0.385. The van der Waals surface area contributed by atoms with Gasteiger partial charge in [0.05, 0.1) is 9.82 Å². The summed E-state index contributed by atoms with van der Waals surface area (Å²) in [5.41, 5.74) is 0.432. The largest absolute Gasteiger partial charge is 0.280 e. The first-order chi connectivity index (χ1) is 9.79. The first kappa shape index (κ1) is 14.9. The molecule has 0 spiro atoms. The van der Waals surface area contributed by atoms with Crippen molar-refractivity contribution in [3.05, 3.63) is 64.0 Å². The number of nitrogens with zero attached hydrogens (tertiary/aromatic N) is 1. The number of aryl methyl sites for hydroxylation is 1. The quantitative estimate of drug-likeness (QED) is 0.694. The van der Waals surface area contributed by atoms with E-state index in [0.717, 1.165) is 24.3 Å². The topological polar surface area (TPSA) is 89.3 Å². The van der Waals surface area contributed by atoms with Crippen molar-refractivity contribution < 1.29 is 17.7 Å². The molecule has 2 aromatic rings. The van der Waals surface area contributed by atoms with E-state index in [2.05, 4.69) is 4.72 Å². The van der Waals surface area contributed by atoms with Gasteiger partial charge in [-0.1, -0.05) is 0 Å². The second kappa shape index (κ2) is 5.49. The van der Waals surface area contributed by atoms with E-state index in [-0.39, 0.29) is 16.3 Å². The number of hydrogen-bond acceptors (Lipinski definition) is 4. The minimum absolute atomic E-state index is 0.0973. The molecule has 0 saturated carbocycles. The van der Waals surface area contributed by atoms with Crippen molar-refractivity contribution in [3.63, 3.8) is 0 Å². The molecule has 0 saturated heterocycles. The highest BCUT2D eigenvalue weighted by atomic mass is 32.2. The Morgan fingerprint density at radius 3 is 2.29 bits per heavy atom. The molecule has 0 bridgehead atoms. The van der Waals surface area contributed by atoms with Crippen LogP contribution in [0.4, 0.5) is 15.8 Å². The van der Waals surface area contributed by atoms with Crippen LogP contribution in [0, 0.1) is 22.9 Å². The zero-order valence-corrected chi connectivity index (χ0v) is 11.7. The van der Waals surface area contributed by atoms with E-state index < -0.39 is 20.8 Å². The Morgan fingerprint density at radius 2 is 1.76 bits per heavy atom. The molecular weight excluding hydrogens is 299 g/mol. The number of benzene rings is 2. The van der Waals surface area contributed by atoms with E-state index in [1.807, 2.05) is 0 Å². The summed E-state index contributed by atoms with van der Waals surface area (Å²) in [6.07, 6.45) is 0. The second-order valence-corrected chi connectivity index (χ2v) is 6.00. The van der Waals surface area contributed by atoms with Crippen molar-refractivity contribution in [3.8, 4) is 0 Å². The van der Waals surface area contributed by atoms with Crippen LogP contribution in [0.1, 0.15) is 5.56 Å². The molecule has 2 aromatic carbocycles. The van der Waals surface area contributed by atoms with Gasteiger partial charge in [-0.15, -0.1) is 0 Å². The third-order valence-electron chi connectivity index (χ3n) is 2.77. The van der Waals surface area contributed by atoms with Gasteiger partial charge in [-0.25, -0.2) is 12.8 Å². The fraction of sp³-hybridized carbons (Fsp3) is 0.0769. The van der Waals surface area contributed by atoms with E-state index >= 15 is 0 Å². The van der Waals surface area contributed by atoms with Gasteiger partial charge in [-0.05, 0) is 43.3 Å². The van der Waals surface area contributed by atoms with Crippen LogP contribution in [0.3, 0.4) is 0 Å². The minimum Gasteiger partial charge on any atom is -0.280 e. The van der Waals surface area contributed by atoms with Crippen LogP contribution < -0.4 is 4.72 Å². The fourth-order valence-electron chi connectivity index (χ4n) is 1.75. The summed E-state index contributed by atoms with van der Waals surface area (Å²) in [6.45, 7) is 1.51. The van der Waals surface area contributed by atoms with Crippen LogP contribution in [0.5, 0.6) is 0 Å². The summed E-state index contributed by atoms with van der Waals surface area (Å²) in [4.78, 5) is 10.1. The van der Waals surface area contributed by atoms with Crippen LogP contribution in [0.2, 0.25) is 0 Å². The average Bonchev–Trinajstić information content (AvgIpc) is 2.38. The van der Waals surface area contributed by atoms with Crippen LogP contribution in [-0.2, 0) is 10.0 Å². The number of halogens is 1. The molecule has 0 fully saturated rings. The lowest BCUT2D eigenvalue weighted by Crippen LogP contribution is -2.13. The lowest BCUT2D eigenvalue weighted by atomic mass is 10.2. The van der Waals surface area contributed by atoms with Crippen molar-refractivity contribution in [2.45, 2.75) is 11.8 Å². The first-order valence-electron chi connectivity index (χ1n) is 5.83. The van der Waals surface area contributed by atoms with Crippen LogP contribution in [0.15, 0.2) is 47.4 Å². The summed E-state index contributed by atoms with van der Waals surface area (Å²) in [7, 11) is -3.87. The summed E-state index contributed by atoms with van der Waals surface area (Å²) in [5.74, 6) is -0.542. The predicted octanol–water partition coefficient (Wildman–Crippen LogP) is 2.84. The Hall–Kier alpha value is -2.48. The van der Waals surface area contributed by atoms with Crippen molar-refractivity contribution in [2.24, 2.45) is 0 Å². The van der Waals surface area contributed by atoms with E-state index in [1.54, 1.807) is 0 Å². The van der Waals surface area contributed by atoms with Gasteiger partial charge in [0.2, 0.25) is 0 Å². The molecule has 0 aliphatic carbocycles. The number of nitrogens with one attached hydrogen (secondary N) is 1.